The fraction of sp³-hybridized carbons (Fsp3) is 0.500. The Bertz CT molecular complexity index is 1010. The molecule has 1 aromatic heterocycles. The molecule has 2 aromatic rings. The molecule has 1 aliphatic rings. The summed E-state index contributed by atoms with van der Waals surface area (Å²) >= 11 is 0. The van der Waals surface area contributed by atoms with Crippen LogP contribution in [-0.4, -0.2) is 59.6 Å². The SMILES string of the molecule is CCOC(=O)CC1(Cc2ccc(OCCCN=c3ccccn3O)cc2)CCN(C(C)=O)CC1. The smallest absolute Gasteiger partial charge is 0.306 e. The number of esters is 1. The summed E-state index contributed by atoms with van der Waals surface area (Å²) in [6, 6.07) is 13.3. The lowest BCUT2D eigenvalue weighted by Crippen LogP contribution is -2.44. The Morgan fingerprint density at radius 3 is 2.50 bits per heavy atom. The maximum atomic E-state index is 12.3. The molecule has 1 N–H and O–H groups in total. The highest BCUT2D eigenvalue weighted by atomic mass is 16.5. The van der Waals surface area contributed by atoms with Gasteiger partial charge in [-0.15, -0.1) is 0 Å². The van der Waals surface area contributed by atoms with Crippen LogP contribution in [-0.2, 0) is 20.7 Å². The van der Waals surface area contributed by atoms with Gasteiger partial charge in [-0.3, -0.25) is 14.6 Å². The second kappa shape index (κ2) is 12.3. The van der Waals surface area contributed by atoms with Crippen molar-refractivity contribution in [2.45, 2.75) is 46.0 Å². The van der Waals surface area contributed by atoms with Gasteiger partial charge in [-0.2, -0.15) is 4.73 Å². The van der Waals surface area contributed by atoms with Crippen molar-refractivity contribution in [2.24, 2.45) is 10.4 Å². The van der Waals surface area contributed by atoms with Gasteiger partial charge in [0, 0.05) is 39.2 Å². The lowest BCUT2D eigenvalue weighted by molar-refractivity contribution is -0.147. The highest BCUT2D eigenvalue weighted by Crippen LogP contribution is 2.39. The van der Waals surface area contributed by atoms with Gasteiger partial charge in [0.25, 0.3) is 0 Å². The fourth-order valence-electron chi connectivity index (χ4n) is 4.37. The molecule has 1 saturated heterocycles. The number of pyridine rings is 1. The first-order chi connectivity index (χ1) is 16.4. The van der Waals surface area contributed by atoms with Crippen molar-refractivity contribution in [1.82, 2.24) is 9.63 Å². The Hall–Kier alpha value is -3.29. The summed E-state index contributed by atoms with van der Waals surface area (Å²) in [6.07, 6.45) is 4.95. The maximum Gasteiger partial charge on any atom is 0.306 e. The zero-order valence-corrected chi connectivity index (χ0v) is 20.1. The number of carbonyl (C=O) groups is 2. The third-order valence-corrected chi connectivity index (χ3v) is 6.26. The highest BCUT2D eigenvalue weighted by molar-refractivity contribution is 5.73. The van der Waals surface area contributed by atoms with E-state index in [9.17, 15) is 14.8 Å². The van der Waals surface area contributed by atoms with Gasteiger partial charge >= 0.3 is 5.97 Å². The van der Waals surface area contributed by atoms with Crippen molar-refractivity contribution in [3.05, 3.63) is 59.7 Å². The molecule has 8 nitrogen and oxygen atoms in total. The maximum absolute atomic E-state index is 12.3. The van der Waals surface area contributed by atoms with Crippen molar-refractivity contribution >= 4 is 11.9 Å². The summed E-state index contributed by atoms with van der Waals surface area (Å²) in [5.74, 6) is 0.691. The number of carbonyl (C=O) groups excluding carboxylic acids is 2. The molecule has 0 aliphatic carbocycles. The van der Waals surface area contributed by atoms with Gasteiger partial charge in [0.15, 0.2) is 5.49 Å². The minimum Gasteiger partial charge on any atom is -0.494 e. The quantitative estimate of drug-likeness (QED) is 0.328. The third-order valence-electron chi connectivity index (χ3n) is 6.26. The molecule has 34 heavy (non-hydrogen) atoms. The van der Waals surface area contributed by atoms with Crippen LogP contribution in [0.5, 0.6) is 5.75 Å². The van der Waals surface area contributed by atoms with E-state index < -0.39 is 0 Å². The van der Waals surface area contributed by atoms with Gasteiger partial charge in [0.1, 0.15) is 5.75 Å². The van der Waals surface area contributed by atoms with E-state index in [1.807, 2.05) is 42.2 Å². The van der Waals surface area contributed by atoms with Crippen LogP contribution in [0.25, 0.3) is 0 Å². The molecule has 1 aromatic carbocycles. The number of aromatic nitrogens is 1. The largest absolute Gasteiger partial charge is 0.494 e. The Morgan fingerprint density at radius 2 is 1.85 bits per heavy atom. The van der Waals surface area contributed by atoms with Crippen LogP contribution in [0.1, 0.15) is 45.1 Å². The molecule has 0 bridgehead atoms. The molecule has 3 rings (SSSR count). The number of amides is 1. The Kier molecular flexibility index (Phi) is 9.13. The minimum absolute atomic E-state index is 0.0818. The van der Waals surface area contributed by atoms with Crippen molar-refractivity contribution in [1.29, 1.82) is 0 Å². The van der Waals surface area contributed by atoms with Crippen LogP contribution in [0.4, 0.5) is 0 Å². The molecule has 0 unspecified atom stereocenters. The second-order valence-electron chi connectivity index (χ2n) is 8.80. The summed E-state index contributed by atoms with van der Waals surface area (Å²) in [7, 11) is 0. The van der Waals surface area contributed by atoms with E-state index in [1.165, 1.54) is 0 Å². The van der Waals surface area contributed by atoms with Gasteiger partial charge in [-0.25, -0.2) is 0 Å². The molecular formula is C26H35N3O5. The van der Waals surface area contributed by atoms with Crippen LogP contribution in [0.15, 0.2) is 53.7 Å². The first-order valence-corrected chi connectivity index (χ1v) is 11.9. The van der Waals surface area contributed by atoms with Crippen LogP contribution in [0.3, 0.4) is 0 Å². The summed E-state index contributed by atoms with van der Waals surface area (Å²) < 4.78 is 12.1. The van der Waals surface area contributed by atoms with Crippen molar-refractivity contribution in [2.75, 3.05) is 32.8 Å². The first kappa shape index (κ1) is 25.3. The average Bonchev–Trinajstić information content (AvgIpc) is 2.81. The fourth-order valence-corrected chi connectivity index (χ4v) is 4.37. The second-order valence-corrected chi connectivity index (χ2v) is 8.80. The number of hydrogen-bond acceptors (Lipinski definition) is 6. The van der Waals surface area contributed by atoms with E-state index in [4.69, 9.17) is 9.47 Å². The van der Waals surface area contributed by atoms with Gasteiger partial charge in [0.05, 0.1) is 19.6 Å². The predicted molar refractivity (Wildman–Crippen MR) is 127 cm³/mol. The number of piperidine rings is 1. The molecule has 0 radical (unpaired) electrons. The first-order valence-electron chi connectivity index (χ1n) is 11.9. The standard InChI is InChI=1S/C26H35N3O5/c1-3-33-25(31)20-26(12-16-28(17-13-26)21(2)30)19-22-8-10-23(11-9-22)34-18-6-14-27-24-7-4-5-15-29(24)32/h4-5,7-11,15,32H,3,6,12-14,16-20H2,1-2H3. The lowest BCUT2D eigenvalue weighted by atomic mass is 9.71. The third kappa shape index (κ3) is 7.37. The number of benzene rings is 1. The highest BCUT2D eigenvalue weighted by Gasteiger charge is 2.37. The van der Waals surface area contributed by atoms with Gasteiger partial charge in [-0.1, -0.05) is 18.2 Å². The summed E-state index contributed by atoms with van der Waals surface area (Å²) in [6.45, 7) is 6.20. The Morgan fingerprint density at radius 1 is 1.12 bits per heavy atom. The lowest BCUT2D eigenvalue weighted by Gasteiger charge is -2.41. The monoisotopic (exact) mass is 469 g/mol. The van der Waals surface area contributed by atoms with Gasteiger partial charge < -0.3 is 19.6 Å². The molecule has 184 valence electrons. The van der Waals surface area contributed by atoms with E-state index in [1.54, 1.807) is 25.3 Å². The Balaban J connectivity index is 1.54. The average molecular weight is 470 g/mol. The zero-order valence-electron chi connectivity index (χ0n) is 20.1. The molecule has 1 amide bonds. The van der Waals surface area contributed by atoms with Crippen LogP contribution in [0.2, 0.25) is 0 Å². The minimum atomic E-state index is -0.205. The molecule has 1 aliphatic heterocycles. The predicted octanol–water partition coefficient (Wildman–Crippen LogP) is 3.22. The number of ether oxygens (including phenoxy) is 2. The number of rotatable bonds is 10. The van der Waals surface area contributed by atoms with Crippen molar-refractivity contribution in [3.8, 4) is 5.75 Å². The topological polar surface area (TPSA) is 93.4 Å². The van der Waals surface area contributed by atoms with Gasteiger partial charge in [0.2, 0.25) is 5.91 Å². The molecule has 8 heteroatoms. The summed E-state index contributed by atoms with van der Waals surface area (Å²) in [5, 5.41) is 9.67. The van der Waals surface area contributed by atoms with Crippen LogP contribution >= 0.6 is 0 Å². The summed E-state index contributed by atoms with van der Waals surface area (Å²) in [5.41, 5.74) is 1.44. The van der Waals surface area contributed by atoms with E-state index >= 15 is 0 Å². The van der Waals surface area contributed by atoms with E-state index in [-0.39, 0.29) is 17.3 Å². The van der Waals surface area contributed by atoms with Crippen molar-refractivity contribution in [3.63, 3.8) is 0 Å². The molecule has 0 atom stereocenters. The van der Waals surface area contributed by atoms with Crippen LogP contribution in [0, 0.1) is 5.41 Å². The molecule has 2 heterocycles. The molecule has 1 fully saturated rings. The van der Waals surface area contributed by atoms with E-state index in [2.05, 4.69) is 4.99 Å². The van der Waals surface area contributed by atoms with Crippen LogP contribution < -0.4 is 10.2 Å². The summed E-state index contributed by atoms with van der Waals surface area (Å²) in [4.78, 5) is 30.3. The normalized spacial score (nSPS) is 15.7. The van der Waals surface area contributed by atoms with Gasteiger partial charge in [-0.05, 0) is 61.4 Å². The zero-order chi connectivity index (χ0) is 24.4. The number of likely N-dealkylation sites (tertiary alicyclic amines) is 1. The number of hydrogen-bond donors (Lipinski definition) is 1. The molecule has 0 spiro atoms. The van der Waals surface area contributed by atoms with E-state index in [0.717, 1.165) is 41.7 Å². The molecule has 0 saturated carbocycles. The Labute approximate surface area is 200 Å². The van der Waals surface area contributed by atoms with E-state index in [0.29, 0.717) is 44.8 Å². The number of nitrogens with zero attached hydrogens (tertiary/aromatic N) is 3. The van der Waals surface area contributed by atoms with Crippen molar-refractivity contribution < 1.29 is 24.3 Å². The molecular weight excluding hydrogens is 434 g/mol.